The molecular formula is C29H38ClN3O. The number of aromatic nitrogens is 2. The molecule has 5 heteroatoms. The maximum Gasteiger partial charge on any atom is 0.288 e. The van der Waals surface area contributed by atoms with Crippen molar-refractivity contribution < 1.29 is 0 Å². The van der Waals surface area contributed by atoms with Crippen LogP contribution in [0.4, 0.5) is 0 Å². The highest BCUT2D eigenvalue weighted by Gasteiger charge is 2.61. The number of hydrogen-bond donors (Lipinski definition) is 0. The number of para-hydroxylation sites is 2. The lowest BCUT2D eigenvalue weighted by Gasteiger charge is -2.57. The van der Waals surface area contributed by atoms with Crippen molar-refractivity contribution in [2.75, 3.05) is 0 Å². The van der Waals surface area contributed by atoms with E-state index in [1.54, 1.807) is 0 Å². The molecule has 5 fully saturated rings. The Bertz CT molecular complexity index is 1150. The van der Waals surface area contributed by atoms with Crippen molar-refractivity contribution in [2.45, 2.75) is 108 Å². The first kappa shape index (κ1) is 21.9. The van der Waals surface area contributed by atoms with Gasteiger partial charge in [0.15, 0.2) is 5.15 Å². The van der Waals surface area contributed by atoms with E-state index in [0.717, 1.165) is 47.7 Å². The fourth-order valence-corrected chi connectivity index (χ4v) is 10.1. The summed E-state index contributed by atoms with van der Waals surface area (Å²) >= 11 is 6.34. The third kappa shape index (κ3) is 3.13. The minimum Gasteiger partial charge on any atom is -0.301 e. The van der Waals surface area contributed by atoms with E-state index in [9.17, 15) is 4.79 Å². The predicted octanol–water partition coefficient (Wildman–Crippen LogP) is 6.60. The second kappa shape index (κ2) is 8.06. The van der Waals surface area contributed by atoms with E-state index in [1.807, 2.05) is 28.8 Å². The summed E-state index contributed by atoms with van der Waals surface area (Å²) in [5.41, 5.74) is 2.38. The number of benzene rings is 1. The van der Waals surface area contributed by atoms with Crippen LogP contribution in [0.25, 0.3) is 11.0 Å². The topological polar surface area (TPSA) is 38.1 Å². The van der Waals surface area contributed by atoms with Crippen molar-refractivity contribution in [1.29, 1.82) is 0 Å². The average Bonchev–Trinajstić information content (AvgIpc) is 3.00. The summed E-state index contributed by atoms with van der Waals surface area (Å²) in [6, 6.07) is 10.2. The molecule has 3 heterocycles. The van der Waals surface area contributed by atoms with E-state index in [2.05, 4.69) is 16.8 Å². The van der Waals surface area contributed by atoms with Gasteiger partial charge in [0, 0.05) is 24.2 Å². The van der Waals surface area contributed by atoms with Crippen LogP contribution in [0.5, 0.6) is 0 Å². The zero-order chi connectivity index (χ0) is 23.0. The molecule has 1 aromatic carbocycles. The molecule has 2 aliphatic heterocycles. The Hall–Kier alpha value is -1.39. The molecule has 4 nitrogen and oxygen atoms in total. The van der Waals surface area contributed by atoms with Crippen LogP contribution in [0.3, 0.4) is 0 Å². The smallest absolute Gasteiger partial charge is 0.288 e. The zero-order valence-electron chi connectivity index (χ0n) is 20.5. The van der Waals surface area contributed by atoms with E-state index in [1.165, 1.54) is 64.2 Å². The Morgan fingerprint density at radius 1 is 0.971 bits per heavy atom. The van der Waals surface area contributed by atoms with Gasteiger partial charge in [0.25, 0.3) is 5.56 Å². The standard InChI is InChI=1S/C29H38ClN3O/c1-2-10-29-17-18-11-19(29)13-20(29)14-23(12-18)32-21-6-5-7-22(32)16-24(15-21)33-26-9-4-3-8-25(26)31-27(30)28(33)34/h3-4,8-9,18-24H,2,5-7,10-17H2,1H3. The Kier molecular flexibility index (Phi) is 5.18. The Morgan fingerprint density at radius 3 is 2.53 bits per heavy atom. The van der Waals surface area contributed by atoms with Crippen LogP contribution in [0.15, 0.2) is 29.1 Å². The number of rotatable bonds is 4. The molecule has 0 radical (unpaired) electrons. The van der Waals surface area contributed by atoms with Crippen LogP contribution < -0.4 is 5.56 Å². The van der Waals surface area contributed by atoms with Crippen LogP contribution >= 0.6 is 11.6 Å². The first-order chi connectivity index (χ1) is 16.6. The number of halogens is 1. The van der Waals surface area contributed by atoms with Crippen LogP contribution in [0.2, 0.25) is 5.15 Å². The Morgan fingerprint density at radius 2 is 1.74 bits per heavy atom. The Labute approximate surface area is 208 Å². The molecule has 0 spiro atoms. The molecule has 0 amide bonds. The summed E-state index contributed by atoms with van der Waals surface area (Å²) in [6.45, 7) is 2.40. The lowest BCUT2D eigenvalue weighted by atomic mass is 9.51. The third-order valence-electron chi connectivity index (χ3n) is 10.9. The molecule has 3 saturated carbocycles. The molecule has 34 heavy (non-hydrogen) atoms. The first-order valence-corrected chi connectivity index (χ1v) is 14.4. The molecule has 7 unspecified atom stereocenters. The minimum atomic E-state index is -0.106. The molecule has 0 N–H and O–H groups in total. The van der Waals surface area contributed by atoms with Crippen molar-refractivity contribution in [3.8, 4) is 0 Å². The lowest BCUT2D eigenvalue weighted by molar-refractivity contribution is -0.0774. The predicted molar refractivity (Wildman–Crippen MR) is 137 cm³/mol. The summed E-state index contributed by atoms with van der Waals surface area (Å²) in [5.74, 6) is 2.97. The summed E-state index contributed by atoms with van der Waals surface area (Å²) in [4.78, 5) is 20.6. The molecule has 2 saturated heterocycles. The summed E-state index contributed by atoms with van der Waals surface area (Å²) < 4.78 is 2.01. The van der Waals surface area contributed by atoms with Gasteiger partial charge in [-0.3, -0.25) is 9.69 Å². The normalized spacial score (nSPS) is 41.3. The van der Waals surface area contributed by atoms with Crippen LogP contribution in [-0.4, -0.2) is 32.6 Å². The highest BCUT2D eigenvalue weighted by atomic mass is 35.5. The van der Waals surface area contributed by atoms with Gasteiger partial charge in [-0.1, -0.05) is 43.5 Å². The maximum atomic E-state index is 13.2. The highest BCUT2D eigenvalue weighted by molar-refractivity contribution is 6.29. The van der Waals surface area contributed by atoms with Crippen LogP contribution in [0, 0.1) is 23.2 Å². The number of hydrogen-bond acceptors (Lipinski definition) is 3. The maximum absolute atomic E-state index is 13.2. The largest absolute Gasteiger partial charge is 0.301 e. The third-order valence-corrected chi connectivity index (χ3v) is 11.2. The average molecular weight is 480 g/mol. The second-order valence-electron chi connectivity index (χ2n) is 12.4. The van der Waals surface area contributed by atoms with Gasteiger partial charge >= 0.3 is 0 Å². The molecule has 182 valence electrons. The monoisotopic (exact) mass is 479 g/mol. The van der Waals surface area contributed by atoms with Gasteiger partial charge in [-0.2, -0.15) is 0 Å². The fraction of sp³-hybridized carbons (Fsp3) is 0.724. The molecule has 1 aromatic heterocycles. The molecule has 7 rings (SSSR count). The zero-order valence-corrected chi connectivity index (χ0v) is 21.2. The van der Waals surface area contributed by atoms with Crippen molar-refractivity contribution >= 4 is 22.6 Å². The second-order valence-corrected chi connectivity index (χ2v) is 12.8. The van der Waals surface area contributed by atoms with Gasteiger partial charge < -0.3 is 4.57 Å². The van der Waals surface area contributed by atoms with E-state index in [-0.39, 0.29) is 16.8 Å². The summed E-state index contributed by atoms with van der Waals surface area (Å²) in [5, 5.41) is 0.117. The Balaban J connectivity index is 1.19. The van der Waals surface area contributed by atoms with E-state index in [0.29, 0.717) is 17.5 Å². The van der Waals surface area contributed by atoms with Gasteiger partial charge in [0.05, 0.1) is 11.0 Å². The van der Waals surface area contributed by atoms with Gasteiger partial charge in [-0.15, -0.1) is 0 Å². The number of piperidine rings is 2. The minimum absolute atomic E-state index is 0.106. The number of nitrogens with zero attached hydrogens (tertiary/aromatic N) is 3. The van der Waals surface area contributed by atoms with Gasteiger partial charge in [0.1, 0.15) is 0 Å². The molecule has 2 aromatic rings. The van der Waals surface area contributed by atoms with Crippen LogP contribution in [0.1, 0.15) is 90.0 Å². The summed E-state index contributed by atoms with van der Waals surface area (Å²) in [7, 11) is 0. The summed E-state index contributed by atoms with van der Waals surface area (Å²) in [6.07, 6.45) is 16.3. The molecule has 7 atom stereocenters. The number of fused-ring (bicyclic) bond motifs is 4. The van der Waals surface area contributed by atoms with Crippen molar-refractivity contribution in [3.05, 3.63) is 39.8 Å². The van der Waals surface area contributed by atoms with Crippen molar-refractivity contribution in [1.82, 2.24) is 14.5 Å². The molecular weight excluding hydrogens is 442 g/mol. The van der Waals surface area contributed by atoms with E-state index < -0.39 is 0 Å². The molecule has 5 aliphatic rings. The quantitative estimate of drug-likeness (QED) is 0.495. The van der Waals surface area contributed by atoms with Crippen LogP contribution in [-0.2, 0) is 0 Å². The SMILES string of the molecule is CCCC12CC3CC(N4C5CCCC4CC(n4c(=O)c(Cl)nc6ccccc64)C5)CC1CC2C3. The first-order valence-electron chi connectivity index (χ1n) is 14.0. The fourth-order valence-electron chi connectivity index (χ4n) is 9.90. The molecule has 3 aliphatic carbocycles. The van der Waals surface area contributed by atoms with E-state index in [4.69, 9.17) is 11.6 Å². The van der Waals surface area contributed by atoms with E-state index >= 15 is 0 Å². The van der Waals surface area contributed by atoms with Gasteiger partial charge in [0.2, 0.25) is 0 Å². The van der Waals surface area contributed by atoms with Gasteiger partial charge in [-0.05, 0) is 99.5 Å². The van der Waals surface area contributed by atoms with Gasteiger partial charge in [-0.25, -0.2) is 4.98 Å². The molecule has 4 bridgehead atoms. The highest BCUT2D eigenvalue weighted by Crippen LogP contribution is 2.69. The van der Waals surface area contributed by atoms with Crippen molar-refractivity contribution in [3.63, 3.8) is 0 Å². The lowest BCUT2D eigenvalue weighted by Crippen LogP contribution is -2.58. The van der Waals surface area contributed by atoms with Crippen molar-refractivity contribution in [2.24, 2.45) is 23.2 Å².